The Kier molecular flexibility index (Phi) is 7.40. The highest BCUT2D eigenvalue weighted by atomic mass is 35.5. The molecule has 2 aromatic heterocycles. The number of hydrogen-bond donors (Lipinski definition) is 1. The Bertz CT molecular complexity index is 891. The molecule has 3 rings (SSSR count). The first-order valence-electron chi connectivity index (χ1n) is 8.53. The minimum Gasteiger partial charge on any atom is -0.451 e. The van der Waals surface area contributed by atoms with Crippen molar-refractivity contribution in [3.8, 4) is 0 Å². The molecule has 2 N–H and O–H groups in total. The van der Waals surface area contributed by atoms with Gasteiger partial charge in [0.25, 0.3) is 5.91 Å². The van der Waals surface area contributed by atoms with Crippen LogP contribution in [-0.2, 0) is 5.75 Å². The minimum absolute atomic E-state index is 0. The molecule has 0 saturated heterocycles. The van der Waals surface area contributed by atoms with Crippen LogP contribution in [0.1, 0.15) is 30.0 Å². The fourth-order valence-electron chi connectivity index (χ4n) is 2.86. The molecule has 27 heavy (non-hydrogen) atoms. The van der Waals surface area contributed by atoms with E-state index >= 15 is 0 Å². The molecule has 7 heteroatoms. The van der Waals surface area contributed by atoms with Gasteiger partial charge in [0, 0.05) is 30.3 Å². The van der Waals surface area contributed by atoms with Crippen LogP contribution in [0.3, 0.4) is 0 Å². The number of carbonyl (C=O) groups is 1. The molecule has 0 unspecified atom stereocenters. The third-order valence-corrected chi connectivity index (χ3v) is 6.47. The summed E-state index contributed by atoms with van der Waals surface area (Å²) in [6.07, 6.45) is 0. The summed E-state index contributed by atoms with van der Waals surface area (Å²) in [6.45, 7) is 5.22. The van der Waals surface area contributed by atoms with Crippen molar-refractivity contribution in [2.75, 3.05) is 20.1 Å². The summed E-state index contributed by atoms with van der Waals surface area (Å²) in [7, 11) is 1.81. The van der Waals surface area contributed by atoms with Crippen LogP contribution in [0.4, 0.5) is 0 Å². The monoisotopic (exact) mass is 424 g/mol. The van der Waals surface area contributed by atoms with Crippen molar-refractivity contribution in [1.29, 1.82) is 0 Å². The Labute approximate surface area is 174 Å². The normalized spacial score (nSPS) is 11.4. The predicted octanol–water partition coefficient (Wildman–Crippen LogP) is 5.27. The van der Waals surface area contributed by atoms with E-state index in [0.29, 0.717) is 24.6 Å². The number of thioether (sulfide) groups is 1. The van der Waals surface area contributed by atoms with Gasteiger partial charge in [0.1, 0.15) is 5.58 Å². The van der Waals surface area contributed by atoms with Gasteiger partial charge in [-0.05, 0) is 29.5 Å². The van der Waals surface area contributed by atoms with E-state index in [4.69, 9.17) is 10.2 Å². The maximum atomic E-state index is 13.1. The predicted molar refractivity (Wildman–Crippen MR) is 117 cm³/mol. The van der Waals surface area contributed by atoms with E-state index in [-0.39, 0.29) is 23.7 Å². The van der Waals surface area contributed by atoms with Crippen molar-refractivity contribution in [2.24, 2.45) is 11.1 Å². The smallest absolute Gasteiger partial charge is 0.289 e. The average molecular weight is 425 g/mol. The van der Waals surface area contributed by atoms with E-state index < -0.39 is 0 Å². The van der Waals surface area contributed by atoms with E-state index in [9.17, 15) is 4.79 Å². The number of nitrogens with zero attached hydrogens (tertiary/aromatic N) is 1. The zero-order valence-corrected chi connectivity index (χ0v) is 18.2. The lowest BCUT2D eigenvalue weighted by Gasteiger charge is -2.28. The van der Waals surface area contributed by atoms with Gasteiger partial charge in [0.05, 0.1) is 4.21 Å². The molecule has 0 spiro atoms. The van der Waals surface area contributed by atoms with Crippen molar-refractivity contribution in [3.63, 3.8) is 0 Å². The van der Waals surface area contributed by atoms with Gasteiger partial charge in [-0.2, -0.15) is 0 Å². The highest BCUT2D eigenvalue weighted by molar-refractivity contribution is 8.00. The molecule has 0 saturated carbocycles. The van der Waals surface area contributed by atoms with Gasteiger partial charge in [0.15, 0.2) is 5.76 Å². The number of hydrogen-bond acceptors (Lipinski definition) is 5. The van der Waals surface area contributed by atoms with Gasteiger partial charge in [-0.3, -0.25) is 4.79 Å². The van der Waals surface area contributed by atoms with Crippen LogP contribution >= 0.6 is 35.5 Å². The Balaban J connectivity index is 0.00000261. The van der Waals surface area contributed by atoms with Crippen LogP contribution in [-0.4, -0.2) is 30.9 Å². The maximum absolute atomic E-state index is 13.1. The standard InChI is InChI=1S/C20H24N2O2S2.ClH/c1-20(2,12-21)13-22(3)19(23)18-15(11-26-17-9-6-10-25-17)14-7-4-5-8-16(14)24-18;/h4-10H,11-13,21H2,1-3H3;1H. The van der Waals surface area contributed by atoms with Crippen molar-refractivity contribution < 1.29 is 9.21 Å². The molecule has 2 heterocycles. The molecule has 0 radical (unpaired) electrons. The molecule has 0 aliphatic carbocycles. The first-order valence-corrected chi connectivity index (χ1v) is 10.4. The molecule has 146 valence electrons. The van der Waals surface area contributed by atoms with Crippen molar-refractivity contribution in [2.45, 2.75) is 23.8 Å². The van der Waals surface area contributed by atoms with E-state index in [0.717, 1.165) is 16.5 Å². The summed E-state index contributed by atoms with van der Waals surface area (Å²) in [4.78, 5) is 14.8. The Morgan fingerprint density at radius 1 is 1.26 bits per heavy atom. The molecule has 1 aromatic carbocycles. The second-order valence-electron chi connectivity index (χ2n) is 7.16. The molecule has 1 amide bonds. The fraction of sp³-hybridized carbons (Fsp3) is 0.350. The number of benzene rings is 1. The largest absolute Gasteiger partial charge is 0.451 e. The lowest BCUT2D eigenvalue weighted by Crippen LogP contribution is -2.39. The SMILES string of the molecule is CN(CC(C)(C)CN)C(=O)c1oc2ccccc2c1CSc1cccs1.Cl. The third kappa shape index (κ3) is 5.08. The fourth-order valence-corrected chi connectivity index (χ4v) is 4.67. The average Bonchev–Trinajstić information content (AvgIpc) is 3.26. The van der Waals surface area contributed by atoms with Gasteiger partial charge in [0.2, 0.25) is 0 Å². The number of thiophene rings is 1. The topological polar surface area (TPSA) is 59.5 Å². The van der Waals surface area contributed by atoms with Crippen LogP contribution in [0.15, 0.2) is 50.4 Å². The maximum Gasteiger partial charge on any atom is 0.289 e. The van der Waals surface area contributed by atoms with Gasteiger partial charge in [-0.1, -0.05) is 38.1 Å². The zero-order chi connectivity index (χ0) is 18.7. The number of fused-ring (bicyclic) bond motifs is 1. The summed E-state index contributed by atoms with van der Waals surface area (Å²) in [5.74, 6) is 1.04. The second-order valence-corrected chi connectivity index (χ2v) is 9.38. The van der Waals surface area contributed by atoms with E-state index in [1.54, 1.807) is 28.0 Å². The first kappa shape index (κ1) is 21.8. The molecule has 0 fully saturated rings. The molecule has 0 bridgehead atoms. The van der Waals surface area contributed by atoms with Crippen LogP contribution < -0.4 is 5.73 Å². The van der Waals surface area contributed by atoms with Crippen LogP contribution in [0, 0.1) is 5.41 Å². The van der Waals surface area contributed by atoms with E-state index in [1.165, 1.54) is 4.21 Å². The second kappa shape index (κ2) is 9.15. The zero-order valence-electron chi connectivity index (χ0n) is 15.7. The minimum atomic E-state index is -0.137. The van der Waals surface area contributed by atoms with Crippen molar-refractivity contribution in [1.82, 2.24) is 4.90 Å². The summed E-state index contributed by atoms with van der Waals surface area (Å²) < 4.78 is 7.20. The van der Waals surface area contributed by atoms with Crippen LogP contribution in [0.25, 0.3) is 11.0 Å². The van der Waals surface area contributed by atoms with Crippen LogP contribution in [0.5, 0.6) is 0 Å². The highest BCUT2D eigenvalue weighted by Gasteiger charge is 2.27. The summed E-state index contributed by atoms with van der Waals surface area (Å²) in [5, 5.41) is 3.07. The third-order valence-electron chi connectivity index (χ3n) is 4.31. The Morgan fingerprint density at radius 3 is 2.67 bits per heavy atom. The van der Waals surface area contributed by atoms with Crippen LogP contribution in [0.2, 0.25) is 0 Å². The lowest BCUT2D eigenvalue weighted by molar-refractivity contribution is 0.0710. The van der Waals surface area contributed by atoms with Gasteiger partial charge < -0.3 is 15.1 Å². The number of rotatable bonds is 7. The van der Waals surface area contributed by atoms with E-state index in [2.05, 4.69) is 25.3 Å². The number of para-hydroxylation sites is 1. The molecule has 0 aliphatic rings. The lowest BCUT2D eigenvalue weighted by atomic mass is 9.93. The number of halogens is 1. The summed E-state index contributed by atoms with van der Waals surface area (Å²) >= 11 is 3.43. The Morgan fingerprint density at radius 2 is 2.00 bits per heavy atom. The number of nitrogens with two attached hydrogens (primary N) is 1. The number of amides is 1. The van der Waals surface area contributed by atoms with Crippen molar-refractivity contribution in [3.05, 3.63) is 53.1 Å². The number of furan rings is 1. The quantitative estimate of drug-likeness (QED) is 0.525. The Hall–Kier alpha value is -1.47. The van der Waals surface area contributed by atoms with Gasteiger partial charge in [-0.25, -0.2) is 0 Å². The van der Waals surface area contributed by atoms with Gasteiger partial charge >= 0.3 is 0 Å². The number of carbonyl (C=O) groups excluding carboxylic acids is 1. The van der Waals surface area contributed by atoms with Crippen molar-refractivity contribution >= 4 is 52.4 Å². The van der Waals surface area contributed by atoms with E-state index in [1.807, 2.05) is 37.4 Å². The first-order chi connectivity index (χ1) is 12.4. The molecule has 3 aromatic rings. The molecule has 4 nitrogen and oxygen atoms in total. The molecular weight excluding hydrogens is 400 g/mol. The molecule has 0 atom stereocenters. The molecular formula is C20H25ClN2O2S2. The molecule has 0 aliphatic heterocycles. The highest BCUT2D eigenvalue weighted by Crippen LogP contribution is 2.34. The van der Waals surface area contributed by atoms with Gasteiger partial charge in [-0.15, -0.1) is 35.5 Å². The summed E-state index contributed by atoms with van der Waals surface area (Å²) in [6, 6.07) is 12.0. The summed E-state index contributed by atoms with van der Waals surface area (Å²) in [5.41, 5.74) is 7.40.